The largest absolute Gasteiger partial charge is 0.364 e. The maximum absolute atomic E-state index is 12.5. The summed E-state index contributed by atoms with van der Waals surface area (Å²) in [5.74, 6) is -0.485. The van der Waals surface area contributed by atoms with E-state index in [2.05, 4.69) is 15.0 Å². The predicted molar refractivity (Wildman–Crippen MR) is 98.4 cm³/mol. The van der Waals surface area contributed by atoms with Gasteiger partial charge in [-0.05, 0) is 36.4 Å². The van der Waals surface area contributed by atoms with Crippen molar-refractivity contribution >= 4 is 28.7 Å². The first-order valence-corrected chi connectivity index (χ1v) is 8.06. The molecule has 7 nitrogen and oxygen atoms in total. The molecule has 0 bridgehead atoms. The van der Waals surface area contributed by atoms with Gasteiger partial charge in [0.15, 0.2) is 17.2 Å². The van der Waals surface area contributed by atoms with Crippen molar-refractivity contribution in [1.82, 2.24) is 19.5 Å². The molecule has 2 aromatic carbocycles. The highest BCUT2D eigenvalue weighted by atomic mass is 35.5. The number of para-hydroxylation sites is 1. The van der Waals surface area contributed by atoms with E-state index in [1.54, 1.807) is 48.5 Å². The van der Waals surface area contributed by atoms with E-state index >= 15 is 0 Å². The van der Waals surface area contributed by atoms with Crippen LogP contribution in [0.25, 0.3) is 28.2 Å². The number of hydrogen-bond acceptors (Lipinski definition) is 4. The molecule has 4 aromatic rings. The Kier molecular flexibility index (Phi) is 3.78. The first-order valence-electron chi connectivity index (χ1n) is 7.68. The molecule has 2 heterocycles. The molecule has 0 aliphatic carbocycles. The number of primary amides is 1. The Labute approximate surface area is 152 Å². The van der Waals surface area contributed by atoms with Crippen LogP contribution in [-0.2, 0) is 0 Å². The van der Waals surface area contributed by atoms with Gasteiger partial charge < -0.3 is 10.7 Å². The highest BCUT2D eigenvalue weighted by Crippen LogP contribution is 2.23. The van der Waals surface area contributed by atoms with Crippen molar-refractivity contribution in [3.05, 3.63) is 75.8 Å². The van der Waals surface area contributed by atoms with Crippen LogP contribution in [-0.4, -0.2) is 25.4 Å². The minimum absolute atomic E-state index is 0.0493. The van der Waals surface area contributed by atoms with Gasteiger partial charge in [-0.2, -0.15) is 0 Å². The van der Waals surface area contributed by atoms with Crippen LogP contribution in [0.3, 0.4) is 0 Å². The quantitative estimate of drug-likeness (QED) is 0.581. The second kappa shape index (κ2) is 6.12. The van der Waals surface area contributed by atoms with Crippen molar-refractivity contribution in [2.45, 2.75) is 0 Å². The number of nitrogens with two attached hydrogens (primary N) is 1. The van der Waals surface area contributed by atoms with Crippen LogP contribution in [0.1, 0.15) is 10.5 Å². The number of aromatic nitrogens is 4. The Morgan fingerprint density at radius 2 is 1.73 bits per heavy atom. The smallest absolute Gasteiger partial charge is 0.332 e. The summed E-state index contributed by atoms with van der Waals surface area (Å²) in [5, 5.41) is 0.563. The second-order valence-electron chi connectivity index (χ2n) is 5.57. The molecule has 0 saturated heterocycles. The van der Waals surface area contributed by atoms with E-state index in [0.717, 1.165) is 0 Å². The average molecular weight is 366 g/mol. The number of hydrogen-bond donors (Lipinski definition) is 2. The Hall–Kier alpha value is -3.45. The zero-order valence-electron chi connectivity index (χ0n) is 13.3. The van der Waals surface area contributed by atoms with Crippen LogP contribution < -0.4 is 11.4 Å². The number of fused-ring (bicyclic) bond motifs is 1. The molecule has 0 radical (unpaired) electrons. The fourth-order valence-electron chi connectivity index (χ4n) is 2.71. The summed E-state index contributed by atoms with van der Waals surface area (Å²) in [6.45, 7) is 0. The van der Waals surface area contributed by atoms with Gasteiger partial charge in [0.2, 0.25) is 0 Å². The average Bonchev–Trinajstić information content (AvgIpc) is 2.97. The minimum atomic E-state index is -0.755. The molecule has 0 spiro atoms. The molecule has 26 heavy (non-hydrogen) atoms. The first-order chi connectivity index (χ1) is 12.5. The van der Waals surface area contributed by atoms with E-state index in [4.69, 9.17) is 17.3 Å². The third-order valence-electron chi connectivity index (χ3n) is 3.89. The van der Waals surface area contributed by atoms with Gasteiger partial charge >= 0.3 is 5.69 Å². The summed E-state index contributed by atoms with van der Waals surface area (Å²) in [5.41, 5.74) is 6.71. The molecule has 0 saturated carbocycles. The zero-order valence-corrected chi connectivity index (χ0v) is 14.1. The molecule has 4 rings (SSSR count). The summed E-state index contributed by atoms with van der Waals surface area (Å²) in [6, 6.07) is 15.8. The van der Waals surface area contributed by atoms with Crippen molar-refractivity contribution in [2.75, 3.05) is 0 Å². The number of carbonyl (C=O) groups excluding carboxylic acids is 1. The van der Waals surface area contributed by atoms with Crippen LogP contribution >= 0.6 is 11.6 Å². The van der Waals surface area contributed by atoms with Crippen LogP contribution in [0.2, 0.25) is 5.02 Å². The molecule has 8 heteroatoms. The van der Waals surface area contributed by atoms with Gasteiger partial charge in [0, 0.05) is 10.6 Å². The lowest BCUT2D eigenvalue weighted by Crippen LogP contribution is -2.15. The molecule has 0 aliphatic heterocycles. The van der Waals surface area contributed by atoms with E-state index in [1.165, 1.54) is 4.57 Å². The molecule has 0 unspecified atom stereocenters. The molecule has 0 fully saturated rings. The maximum Gasteiger partial charge on any atom is 0.332 e. The Morgan fingerprint density at radius 1 is 1.04 bits per heavy atom. The number of amides is 1. The highest BCUT2D eigenvalue weighted by Gasteiger charge is 2.20. The number of benzene rings is 2. The van der Waals surface area contributed by atoms with E-state index < -0.39 is 11.6 Å². The maximum atomic E-state index is 12.5. The van der Waals surface area contributed by atoms with E-state index in [0.29, 0.717) is 16.3 Å². The van der Waals surface area contributed by atoms with Gasteiger partial charge in [0.05, 0.1) is 5.69 Å². The van der Waals surface area contributed by atoms with E-state index in [9.17, 15) is 9.59 Å². The van der Waals surface area contributed by atoms with Crippen LogP contribution in [0.5, 0.6) is 0 Å². The fourth-order valence-corrected chi connectivity index (χ4v) is 2.83. The summed E-state index contributed by atoms with van der Waals surface area (Å²) in [4.78, 5) is 35.7. The monoisotopic (exact) mass is 365 g/mol. The summed E-state index contributed by atoms with van der Waals surface area (Å²) in [6.07, 6.45) is 0. The lowest BCUT2D eigenvalue weighted by atomic mass is 10.2. The van der Waals surface area contributed by atoms with Crippen LogP contribution in [0.4, 0.5) is 0 Å². The number of nitrogens with zero attached hydrogens (tertiary/aromatic N) is 3. The first kappa shape index (κ1) is 16.0. The molecule has 3 N–H and O–H groups in total. The molecule has 1 amide bonds. The fraction of sp³-hybridized carbons (Fsp3) is 0. The molecular weight excluding hydrogens is 354 g/mol. The lowest BCUT2D eigenvalue weighted by Gasteiger charge is -2.06. The van der Waals surface area contributed by atoms with E-state index in [-0.39, 0.29) is 22.7 Å². The second-order valence-corrected chi connectivity index (χ2v) is 6.00. The third kappa shape index (κ3) is 2.64. The third-order valence-corrected chi connectivity index (χ3v) is 4.14. The highest BCUT2D eigenvalue weighted by molar-refractivity contribution is 6.30. The van der Waals surface area contributed by atoms with Crippen LogP contribution in [0, 0.1) is 0 Å². The van der Waals surface area contributed by atoms with Gasteiger partial charge in [-0.25, -0.2) is 19.3 Å². The standard InChI is InChI=1S/C18H12ClN5O2/c19-11-8-6-10(7-9-11)16-21-13(15(20)25)14-17(23-16)24(18(26)22-14)12-4-2-1-3-5-12/h1-9H,(H2,20,25)(H,22,26). The normalized spacial score (nSPS) is 11.0. The van der Waals surface area contributed by atoms with Gasteiger partial charge in [-0.1, -0.05) is 29.8 Å². The van der Waals surface area contributed by atoms with Crippen molar-refractivity contribution < 1.29 is 4.79 Å². The molecule has 0 aliphatic rings. The van der Waals surface area contributed by atoms with Crippen molar-refractivity contribution in [3.63, 3.8) is 0 Å². The van der Waals surface area contributed by atoms with Crippen molar-refractivity contribution in [2.24, 2.45) is 5.73 Å². The number of H-pyrrole nitrogens is 1. The van der Waals surface area contributed by atoms with Gasteiger partial charge in [-0.3, -0.25) is 4.79 Å². The lowest BCUT2D eigenvalue weighted by molar-refractivity contribution is 0.0997. The Balaban J connectivity index is 2.06. The molecule has 0 atom stereocenters. The number of carbonyl (C=O) groups is 1. The van der Waals surface area contributed by atoms with E-state index in [1.807, 2.05) is 6.07 Å². The zero-order chi connectivity index (χ0) is 18.3. The molecule has 128 valence electrons. The number of aromatic amines is 1. The SMILES string of the molecule is NC(=O)c1nc(-c2ccc(Cl)cc2)nc2c1[nH]c(=O)n2-c1ccccc1. The van der Waals surface area contributed by atoms with Gasteiger partial charge in [0.25, 0.3) is 5.91 Å². The van der Waals surface area contributed by atoms with Gasteiger partial charge in [0.1, 0.15) is 5.52 Å². The number of nitrogens with one attached hydrogen (secondary N) is 1. The van der Waals surface area contributed by atoms with Gasteiger partial charge in [-0.15, -0.1) is 0 Å². The topological polar surface area (TPSA) is 107 Å². The number of rotatable bonds is 3. The van der Waals surface area contributed by atoms with Crippen molar-refractivity contribution in [1.29, 1.82) is 0 Å². The summed E-state index contributed by atoms with van der Waals surface area (Å²) in [7, 11) is 0. The van der Waals surface area contributed by atoms with Crippen molar-refractivity contribution in [3.8, 4) is 17.1 Å². The number of halogens is 1. The molecule has 2 aromatic heterocycles. The Bertz CT molecular complexity index is 1180. The Morgan fingerprint density at radius 3 is 2.38 bits per heavy atom. The predicted octanol–water partition coefficient (Wildman–Crippen LogP) is 2.53. The summed E-state index contributed by atoms with van der Waals surface area (Å²) < 4.78 is 1.38. The van der Waals surface area contributed by atoms with Crippen LogP contribution in [0.15, 0.2) is 59.4 Å². The minimum Gasteiger partial charge on any atom is -0.364 e. The number of imidazole rings is 1. The summed E-state index contributed by atoms with van der Waals surface area (Å²) >= 11 is 5.92. The molecular formula is C18H12ClN5O2.